The summed E-state index contributed by atoms with van der Waals surface area (Å²) in [5.41, 5.74) is 2.86. The largest absolute Gasteiger partial charge is 0.493 e. The van der Waals surface area contributed by atoms with Crippen LogP contribution in [0.1, 0.15) is 55.1 Å². The van der Waals surface area contributed by atoms with E-state index in [1.807, 2.05) is 33.8 Å². The van der Waals surface area contributed by atoms with Crippen LogP contribution in [0.5, 0.6) is 5.75 Å². The summed E-state index contributed by atoms with van der Waals surface area (Å²) in [5, 5.41) is 2.92. The van der Waals surface area contributed by atoms with Crippen LogP contribution in [-0.2, 0) is 9.53 Å². The van der Waals surface area contributed by atoms with Gasteiger partial charge in [-0.3, -0.25) is 4.79 Å². The molecule has 5 nitrogen and oxygen atoms in total. The van der Waals surface area contributed by atoms with Gasteiger partial charge in [0.1, 0.15) is 5.75 Å². The number of rotatable bonds is 9. The van der Waals surface area contributed by atoms with Crippen LogP contribution in [0.15, 0.2) is 42.5 Å². The molecule has 0 spiro atoms. The summed E-state index contributed by atoms with van der Waals surface area (Å²) < 4.78 is 10.9. The first kappa shape index (κ1) is 22.5. The Hall–Kier alpha value is -2.82. The minimum absolute atomic E-state index is 0.0619. The molecule has 2 aromatic carbocycles. The number of anilines is 1. The van der Waals surface area contributed by atoms with Gasteiger partial charge in [0.2, 0.25) is 5.91 Å². The molecule has 0 unspecified atom stereocenters. The molecule has 156 valence electrons. The lowest BCUT2D eigenvalue weighted by Crippen LogP contribution is -2.31. The summed E-state index contributed by atoms with van der Waals surface area (Å²) in [6, 6.07) is 12.9. The molecule has 2 aromatic rings. The Morgan fingerprint density at radius 3 is 2.38 bits per heavy atom. The van der Waals surface area contributed by atoms with Crippen LogP contribution in [0.3, 0.4) is 0 Å². The standard InChI is InChI=1S/C24H31NO4/c1-6-28-22(26)19-10-12-20(13-11-19)25-23(27)24(4,5)14-7-15-29-21-16-17(2)8-9-18(21)3/h8-13,16H,6-7,14-15H2,1-5H3,(H,25,27). The highest BCUT2D eigenvalue weighted by Gasteiger charge is 2.27. The number of benzene rings is 2. The van der Waals surface area contributed by atoms with Crippen LogP contribution < -0.4 is 10.1 Å². The third kappa shape index (κ3) is 6.63. The van der Waals surface area contributed by atoms with Crippen LogP contribution in [0.4, 0.5) is 5.69 Å². The summed E-state index contributed by atoms with van der Waals surface area (Å²) in [6.45, 7) is 10.6. The highest BCUT2D eigenvalue weighted by atomic mass is 16.5. The molecule has 0 atom stereocenters. The van der Waals surface area contributed by atoms with Crippen molar-refractivity contribution in [3.05, 3.63) is 59.2 Å². The van der Waals surface area contributed by atoms with Gasteiger partial charge in [-0.1, -0.05) is 26.0 Å². The van der Waals surface area contributed by atoms with Crippen molar-refractivity contribution < 1.29 is 19.1 Å². The molecule has 0 radical (unpaired) electrons. The molecule has 0 heterocycles. The molecule has 0 saturated heterocycles. The average Bonchev–Trinajstić information content (AvgIpc) is 2.68. The number of hydrogen-bond acceptors (Lipinski definition) is 4. The van der Waals surface area contributed by atoms with Gasteiger partial charge in [-0.15, -0.1) is 0 Å². The van der Waals surface area contributed by atoms with Gasteiger partial charge >= 0.3 is 5.97 Å². The van der Waals surface area contributed by atoms with E-state index < -0.39 is 5.41 Å². The van der Waals surface area contributed by atoms with E-state index >= 15 is 0 Å². The molecule has 5 heteroatoms. The molecule has 2 rings (SSSR count). The van der Waals surface area contributed by atoms with Gasteiger partial charge in [-0.2, -0.15) is 0 Å². The highest BCUT2D eigenvalue weighted by Crippen LogP contribution is 2.26. The fourth-order valence-corrected chi connectivity index (χ4v) is 2.88. The van der Waals surface area contributed by atoms with E-state index in [1.165, 1.54) is 5.56 Å². The normalized spacial score (nSPS) is 11.1. The first-order valence-electron chi connectivity index (χ1n) is 10.0. The zero-order valence-corrected chi connectivity index (χ0v) is 18.0. The minimum atomic E-state index is -0.537. The van der Waals surface area contributed by atoms with Gasteiger partial charge < -0.3 is 14.8 Å². The smallest absolute Gasteiger partial charge is 0.338 e. The number of nitrogens with one attached hydrogen (secondary N) is 1. The van der Waals surface area contributed by atoms with Gasteiger partial charge in [0.05, 0.1) is 18.8 Å². The van der Waals surface area contributed by atoms with Crippen molar-refractivity contribution in [2.45, 2.75) is 47.5 Å². The first-order chi connectivity index (χ1) is 13.7. The molecule has 0 saturated carbocycles. The lowest BCUT2D eigenvalue weighted by molar-refractivity contribution is -0.124. The van der Waals surface area contributed by atoms with Gasteiger partial charge in [-0.05, 0) is 75.1 Å². The molecule has 0 fully saturated rings. The Morgan fingerprint density at radius 2 is 1.72 bits per heavy atom. The summed E-state index contributed by atoms with van der Waals surface area (Å²) >= 11 is 0. The maximum absolute atomic E-state index is 12.7. The van der Waals surface area contributed by atoms with E-state index in [9.17, 15) is 9.59 Å². The summed E-state index contributed by atoms with van der Waals surface area (Å²) in [7, 11) is 0. The van der Waals surface area contributed by atoms with E-state index in [4.69, 9.17) is 9.47 Å². The molecule has 0 bridgehead atoms. The number of aryl methyl sites for hydroxylation is 2. The number of ether oxygens (including phenoxy) is 2. The Morgan fingerprint density at radius 1 is 1.03 bits per heavy atom. The molecule has 0 aliphatic heterocycles. The van der Waals surface area contributed by atoms with E-state index in [2.05, 4.69) is 17.4 Å². The maximum Gasteiger partial charge on any atom is 0.338 e. The number of esters is 1. The van der Waals surface area contributed by atoms with Crippen LogP contribution in [0, 0.1) is 19.3 Å². The molecule has 0 aromatic heterocycles. The number of hydrogen-bond donors (Lipinski definition) is 1. The van der Waals surface area contributed by atoms with Gasteiger partial charge in [-0.25, -0.2) is 4.79 Å². The van der Waals surface area contributed by atoms with Gasteiger partial charge in [0.25, 0.3) is 0 Å². The Balaban J connectivity index is 1.84. The Kier molecular flexibility index (Phi) is 7.82. The second kappa shape index (κ2) is 10.1. The van der Waals surface area contributed by atoms with Crippen molar-refractivity contribution in [2.24, 2.45) is 5.41 Å². The van der Waals surface area contributed by atoms with Crippen molar-refractivity contribution in [2.75, 3.05) is 18.5 Å². The summed E-state index contributed by atoms with van der Waals surface area (Å²) in [5.74, 6) is 0.469. The first-order valence-corrected chi connectivity index (χ1v) is 10.0. The molecule has 1 amide bonds. The number of carbonyl (C=O) groups is 2. The van der Waals surface area contributed by atoms with E-state index in [-0.39, 0.29) is 11.9 Å². The van der Waals surface area contributed by atoms with Crippen molar-refractivity contribution in [1.29, 1.82) is 0 Å². The fourth-order valence-electron chi connectivity index (χ4n) is 2.88. The van der Waals surface area contributed by atoms with Crippen LogP contribution >= 0.6 is 0 Å². The van der Waals surface area contributed by atoms with Crippen LogP contribution in [0.25, 0.3) is 0 Å². The van der Waals surface area contributed by atoms with Crippen molar-refractivity contribution in [1.82, 2.24) is 0 Å². The zero-order chi connectivity index (χ0) is 21.4. The quantitative estimate of drug-likeness (QED) is 0.460. The van der Waals surface area contributed by atoms with Crippen LogP contribution in [-0.4, -0.2) is 25.1 Å². The minimum Gasteiger partial charge on any atom is -0.493 e. The maximum atomic E-state index is 12.7. The molecular weight excluding hydrogens is 366 g/mol. The second-order valence-electron chi connectivity index (χ2n) is 7.86. The lowest BCUT2D eigenvalue weighted by Gasteiger charge is -2.23. The molecule has 29 heavy (non-hydrogen) atoms. The van der Waals surface area contributed by atoms with Crippen molar-refractivity contribution in [3.63, 3.8) is 0 Å². The third-order valence-corrected chi connectivity index (χ3v) is 4.82. The molecule has 0 aliphatic carbocycles. The van der Waals surface area contributed by atoms with E-state index in [0.717, 1.165) is 17.7 Å². The van der Waals surface area contributed by atoms with E-state index in [1.54, 1.807) is 31.2 Å². The molecular formula is C24H31NO4. The Labute approximate surface area is 173 Å². The SMILES string of the molecule is CCOC(=O)c1ccc(NC(=O)C(C)(C)CCCOc2cc(C)ccc2C)cc1. The van der Waals surface area contributed by atoms with Crippen molar-refractivity contribution in [3.8, 4) is 5.75 Å². The van der Waals surface area contributed by atoms with Crippen LogP contribution in [0.2, 0.25) is 0 Å². The second-order valence-corrected chi connectivity index (χ2v) is 7.86. The van der Waals surface area contributed by atoms with Crippen molar-refractivity contribution >= 4 is 17.6 Å². The predicted octanol–water partition coefficient (Wildman–Crippen LogP) is 5.30. The van der Waals surface area contributed by atoms with Gasteiger partial charge in [0, 0.05) is 11.1 Å². The summed E-state index contributed by atoms with van der Waals surface area (Å²) in [6.07, 6.45) is 1.47. The number of carbonyl (C=O) groups excluding carboxylic acids is 2. The highest BCUT2D eigenvalue weighted by molar-refractivity contribution is 5.95. The number of amides is 1. The topological polar surface area (TPSA) is 64.6 Å². The lowest BCUT2D eigenvalue weighted by atomic mass is 9.87. The average molecular weight is 398 g/mol. The zero-order valence-electron chi connectivity index (χ0n) is 18.0. The monoisotopic (exact) mass is 397 g/mol. The molecule has 0 aliphatic rings. The Bertz CT molecular complexity index is 840. The fraction of sp³-hybridized carbons (Fsp3) is 0.417. The predicted molar refractivity (Wildman–Crippen MR) is 115 cm³/mol. The summed E-state index contributed by atoms with van der Waals surface area (Å²) in [4.78, 5) is 24.4. The van der Waals surface area contributed by atoms with E-state index in [0.29, 0.717) is 30.9 Å². The van der Waals surface area contributed by atoms with Gasteiger partial charge in [0.15, 0.2) is 0 Å². The molecule has 1 N–H and O–H groups in total. The third-order valence-electron chi connectivity index (χ3n) is 4.82.